The lowest BCUT2D eigenvalue weighted by Gasteiger charge is -2.34. The number of piperazine rings is 1. The van der Waals surface area contributed by atoms with Crippen molar-refractivity contribution in [1.29, 1.82) is 0 Å². The van der Waals surface area contributed by atoms with Crippen molar-refractivity contribution in [3.63, 3.8) is 0 Å². The van der Waals surface area contributed by atoms with E-state index in [0.29, 0.717) is 43.5 Å². The van der Waals surface area contributed by atoms with Crippen molar-refractivity contribution in [2.45, 2.75) is 26.9 Å². The van der Waals surface area contributed by atoms with Crippen molar-refractivity contribution in [2.24, 2.45) is 0 Å². The molecule has 2 heterocycles. The number of nitrogens with zero attached hydrogens (tertiary/aromatic N) is 4. The van der Waals surface area contributed by atoms with Gasteiger partial charge in [-0.1, -0.05) is 0 Å². The number of anilines is 2. The molecule has 0 radical (unpaired) electrons. The molecule has 1 N–H and O–H groups in total. The van der Waals surface area contributed by atoms with Crippen LogP contribution in [0.5, 0.6) is 5.75 Å². The number of rotatable bonds is 5. The van der Waals surface area contributed by atoms with Crippen molar-refractivity contribution < 1.29 is 14.3 Å². The third kappa shape index (κ3) is 4.97. The summed E-state index contributed by atoms with van der Waals surface area (Å²) in [5.41, 5.74) is 0.956. The molecule has 0 spiro atoms. The highest BCUT2D eigenvalue weighted by atomic mass is 16.5. The van der Waals surface area contributed by atoms with Crippen LogP contribution in [0.25, 0.3) is 0 Å². The Hall–Kier alpha value is -3.16. The van der Waals surface area contributed by atoms with Crippen LogP contribution in [0.4, 0.5) is 11.6 Å². The molecule has 1 aliphatic rings. The first-order chi connectivity index (χ1) is 13.4. The van der Waals surface area contributed by atoms with E-state index in [1.165, 1.54) is 0 Å². The molecule has 1 fully saturated rings. The summed E-state index contributed by atoms with van der Waals surface area (Å²) in [6.45, 7) is 8.02. The molecule has 1 saturated heterocycles. The number of ether oxygens (including phenoxy) is 1. The van der Waals surface area contributed by atoms with Gasteiger partial charge in [-0.2, -0.15) is 0 Å². The van der Waals surface area contributed by atoms with Crippen molar-refractivity contribution >= 4 is 23.5 Å². The van der Waals surface area contributed by atoms with E-state index < -0.39 is 0 Å². The van der Waals surface area contributed by atoms with Gasteiger partial charge in [0.2, 0.25) is 11.9 Å². The third-order valence-electron chi connectivity index (χ3n) is 4.37. The van der Waals surface area contributed by atoms with E-state index in [9.17, 15) is 9.59 Å². The SMILES string of the molecule is CC(=O)N1CCN(c2nccc(C(=O)Nc3ccc(OC(C)C)cc3)n2)CC1. The molecule has 1 aromatic carbocycles. The number of carbonyl (C=O) groups is 2. The second kappa shape index (κ2) is 8.69. The van der Waals surface area contributed by atoms with Gasteiger partial charge in [0.05, 0.1) is 6.10 Å². The number of nitrogens with one attached hydrogen (secondary N) is 1. The zero-order chi connectivity index (χ0) is 20.1. The number of hydrogen-bond donors (Lipinski definition) is 1. The molecule has 148 valence electrons. The zero-order valence-corrected chi connectivity index (χ0v) is 16.4. The Kier molecular flexibility index (Phi) is 6.08. The molecule has 8 nitrogen and oxygen atoms in total. The average Bonchev–Trinajstić information content (AvgIpc) is 2.69. The lowest BCUT2D eigenvalue weighted by atomic mass is 10.3. The summed E-state index contributed by atoms with van der Waals surface area (Å²) in [5, 5.41) is 2.83. The van der Waals surface area contributed by atoms with E-state index in [2.05, 4.69) is 15.3 Å². The Morgan fingerprint density at radius 3 is 2.36 bits per heavy atom. The van der Waals surface area contributed by atoms with Gasteiger partial charge >= 0.3 is 0 Å². The first kappa shape index (κ1) is 19.6. The fourth-order valence-electron chi connectivity index (χ4n) is 2.93. The van der Waals surface area contributed by atoms with E-state index in [4.69, 9.17) is 4.74 Å². The van der Waals surface area contributed by atoms with Crippen molar-refractivity contribution in [1.82, 2.24) is 14.9 Å². The molecule has 0 saturated carbocycles. The molecule has 1 aliphatic heterocycles. The van der Waals surface area contributed by atoms with Gasteiger partial charge in [-0.05, 0) is 44.2 Å². The first-order valence-corrected chi connectivity index (χ1v) is 9.34. The second-order valence-corrected chi connectivity index (χ2v) is 6.88. The molecule has 3 rings (SSSR count). The average molecular weight is 383 g/mol. The van der Waals surface area contributed by atoms with Crippen LogP contribution in [0.1, 0.15) is 31.3 Å². The Morgan fingerprint density at radius 2 is 1.75 bits per heavy atom. The highest BCUT2D eigenvalue weighted by Gasteiger charge is 2.21. The predicted octanol–water partition coefficient (Wildman–Crippen LogP) is 2.18. The standard InChI is InChI=1S/C20H25N5O3/c1-14(2)28-17-6-4-16(5-7-17)22-19(27)18-8-9-21-20(23-18)25-12-10-24(11-13-25)15(3)26/h4-9,14H,10-13H2,1-3H3,(H,22,27). The van der Waals surface area contributed by atoms with Gasteiger partial charge in [-0.3, -0.25) is 9.59 Å². The Balaban J connectivity index is 1.63. The minimum absolute atomic E-state index is 0.0681. The molecule has 0 atom stereocenters. The Labute approximate surface area is 164 Å². The van der Waals surface area contributed by atoms with Crippen LogP contribution in [-0.2, 0) is 4.79 Å². The van der Waals surface area contributed by atoms with E-state index in [0.717, 1.165) is 5.75 Å². The predicted molar refractivity (Wildman–Crippen MR) is 107 cm³/mol. The maximum atomic E-state index is 12.5. The second-order valence-electron chi connectivity index (χ2n) is 6.88. The largest absolute Gasteiger partial charge is 0.491 e. The minimum Gasteiger partial charge on any atom is -0.491 e. The molecule has 0 bridgehead atoms. The van der Waals surface area contributed by atoms with Gasteiger partial charge in [0.25, 0.3) is 5.91 Å². The summed E-state index contributed by atoms with van der Waals surface area (Å²) in [7, 11) is 0. The quantitative estimate of drug-likeness (QED) is 0.852. The fraction of sp³-hybridized carbons (Fsp3) is 0.400. The first-order valence-electron chi connectivity index (χ1n) is 9.34. The summed E-state index contributed by atoms with van der Waals surface area (Å²) in [5.74, 6) is 1.01. The van der Waals surface area contributed by atoms with Crippen molar-refractivity contribution in [2.75, 3.05) is 36.4 Å². The smallest absolute Gasteiger partial charge is 0.274 e. The third-order valence-corrected chi connectivity index (χ3v) is 4.37. The van der Waals surface area contributed by atoms with Crippen LogP contribution < -0.4 is 15.0 Å². The number of carbonyl (C=O) groups excluding carboxylic acids is 2. The van der Waals surface area contributed by atoms with Crippen LogP contribution in [0.2, 0.25) is 0 Å². The van der Waals surface area contributed by atoms with Crippen molar-refractivity contribution in [3.05, 3.63) is 42.2 Å². The molecular formula is C20H25N5O3. The lowest BCUT2D eigenvalue weighted by molar-refractivity contribution is -0.129. The number of hydrogen-bond acceptors (Lipinski definition) is 6. The minimum atomic E-state index is -0.302. The molecule has 2 aromatic rings. The Bertz CT molecular complexity index is 830. The maximum absolute atomic E-state index is 12.5. The molecule has 1 aromatic heterocycles. The molecule has 0 aliphatic carbocycles. The van der Waals surface area contributed by atoms with Gasteiger partial charge in [-0.15, -0.1) is 0 Å². The number of amides is 2. The Morgan fingerprint density at radius 1 is 1.07 bits per heavy atom. The molecular weight excluding hydrogens is 358 g/mol. The maximum Gasteiger partial charge on any atom is 0.274 e. The summed E-state index contributed by atoms with van der Waals surface area (Å²) in [6.07, 6.45) is 1.67. The van der Waals surface area contributed by atoms with Crippen molar-refractivity contribution in [3.8, 4) is 5.75 Å². The van der Waals surface area contributed by atoms with Gasteiger partial charge in [0, 0.05) is 45.0 Å². The van der Waals surface area contributed by atoms with Crippen LogP contribution in [0.3, 0.4) is 0 Å². The monoisotopic (exact) mass is 383 g/mol. The van der Waals surface area contributed by atoms with Crippen LogP contribution in [0, 0.1) is 0 Å². The fourth-order valence-corrected chi connectivity index (χ4v) is 2.93. The molecule has 28 heavy (non-hydrogen) atoms. The van der Waals surface area contributed by atoms with E-state index >= 15 is 0 Å². The lowest BCUT2D eigenvalue weighted by Crippen LogP contribution is -2.48. The molecule has 0 unspecified atom stereocenters. The summed E-state index contributed by atoms with van der Waals surface area (Å²) >= 11 is 0. The topological polar surface area (TPSA) is 87.7 Å². The number of benzene rings is 1. The van der Waals surface area contributed by atoms with Gasteiger partial charge in [0.15, 0.2) is 0 Å². The van der Waals surface area contributed by atoms with E-state index in [1.54, 1.807) is 36.2 Å². The number of aromatic nitrogens is 2. The highest BCUT2D eigenvalue weighted by Crippen LogP contribution is 2.18. The summed E-state index contributed by atoms with van der Waals surface area (Å²) in [4.78, 5) is 36.4. The van der Waals surface area contributed by atoms with Gasteiger partial charge < -0.3 is 19.9 Å². The van der Waals surface area contributed by atoms with E-state index in [-0.39, 0.29) is 17.9 Å². The summed E-state index contributed by atoms with van der Waals surface area (Å²) in [6, 6.07) is 8.79. The van der Waals surface area contributed by atoms with Gasteiger partial charge in [-0.25, -0.2) is 9.97 Å². The van der Waals surface area contributed by atoms with Crippen LogP contribution in [-0.4, -0.2) is 59.0 Å². The summed E-state index contributed by atoms with van der Waals surface area (Å²) < 4.78 is 5.60. The van der Waals surface area contributed by atoms with E-state index in [1.807, 2.05) is 30.9 Å². The zero-order valence-electron chi connectivity index (χ0n) is 16.4. The molecule has 8 heteroatoms. The molecule has 2 amide bonds. The highest BCUT2D eigenvalue weighted by molar-refractivity contribution is 6.03. The van der Waals surface area contributed by atoms with Crippen LogP contribution >= 0.6 is 0 Å². The normalized spacial score (nSPS) is 14.1. The van der Waals surface area contributed by atoms with Crippen LogP contribution in [0.15, 0.2) is 36.5 Å². The van der Waals surface area contributed by atoms with Gasteiger partial charge in [0.1, 0.15) is 11.4 Å².